The normalized spacial score (nSPS) is 15.0. The van der Waals surface area contributed by atoms with Gasteiger partial charge in [-0.3, -0.25) is 9.78 Å². The summed E-state index contributed by atoms with van der Waals surface area (Å²) in [5.41, 5.74) is 5.84. The number of carbonyl (C=O) groups is 1. The summed E-state index contributed by atoms with van der Waals surface area (Å²) in [4.78, 5) is 17.3. The second-order valence-corrected chi connectivity index (χ2v) is 7.68. The lowest BCUT2D eigenvalue weighted by molar-refractivity contribution is 0.0949. The topological polar surface area (TPSA) is 56.1 Å². The number of hydrogen-bond donors (Lipinski definition) is 1. The summed E-state index contributed by atoms with van der Waals surface area (Å²) >= 11 is 0. The molecule has 146 valence electrons. The number of amides is 1. The molecule has 0 bridgehead atoms. The van der Waals surface area contributed by atoms with Gasteiger partial charge in [0, 0.05) is 34.8 Å². The van der Waals surface area contributed by atoms with Crippen molar-refractivity contribution in [2.45, 2.75) is 72.4 Å². The lowest BCUT2D eigenvalue weighted by Gasteiger charge is -2.26. The zero-order valence-corrected chi connectivity index (χ0v) is 17.2. The predicted molar refractivity (Wildman–Crippen MR) is 107 cm³/mol. The van der Waals surface area contributed by atoms with E-state index >= 15 is 0 Å². The first-order valence-electron chi connectivity index (χ1n) is 9.89. The van der Waals surface area contributed by atoms with Gasteiger partial charge >= 0.3 is 0 Å². The minimum absolute atomic E-state index is 0.0362. The Labute approximate surface area is 162 Å². The van der Waals surface area contributed by atoms with Crippen molar-refractivity contribution in [2.24, 2.45) is 0 Å². The van der Waals surface area contributed by atoms with E-state index in [1.165, 1.54) is 37.8 Å². The molecular weight excluding hydrogens is 338 g/mol. The van der Waals surface area contributed by atoms with Crippen molar-refractivity contribution in [3.05, 3.63) is 46.0 Å². The van der Waals surface area contributed by atoms with Gasteiger partial charge in [-0.15, -0.1) is 0 Å². The van der Waals surface area contributed by atoms with E-state index in [0.717, 1.165) is 33.8 Å². The molecule has 1 N–H and O–H groups in total. The fourth-order valence-corrected chi connectivity index (χ4v) is 4.42. The summed E-state index contributed by atoms with van der Waals surface area (Å²) in [6.45, 7) is 8.52. The first-order valence-corrected chi connectivity index (χ1v) is 9.89. The molecule has 0 atom stereocenters. The average molecular weight is 370 g/mol. The van der Waals surface area contributed by atoms with E-state index < -0.39 is 0 Å². The minimum atomic E-state index is -0.0362. The van der Waals surface area contributed by atoms with Crippen LogP contribution in [0.4, 0.5) is 0 Å². The van der Waals surface area contributed by atoms with Crippen LogP contribution in [0.1, 0.15) is 76.7 Å². The first-order chi connectivity index (χ1) is 12.9. The van der Waals surface area contributed by atoms with E-state index in [2.05, 4.69) is 28.7 Å². The summed E-state index contributed by atoms with van der Waals surface area (Å²) in [5.74, 6) is 0.802. The van der Waals surface area contributed by atoms with Crippen molar-refractivity contribution in [1.29, 1.82) is 0 Å². The van der Waals surface area contributed by atoms with Crippen LogP contribution < -0.4 is 10.1 Å². The van der Waals surface area contributed by atoms with E-state index in [-0.39, 0.29) is 5.91 Å². The van der Waals surface area contributed by atoms with Crippen LogP contribution in [0.15, 0.2) is 12.3 Å². The van der Waals surface area contributed by atoms with Crippen molar-refractivity contribution < 1.29 is 9.53 Å². The number of nitrogens with one attached hydrogen (secondary N) is 1. The summed E-state index contributed by atoms with van der Waals surface area (Å²) in [5, 5.41) is 3.04. The highest BCUT2D eigenvalue weighted by Gasteiger charge is 2.22. The SMILES string of the molecule is COc1c(C)cnc(CNC(=O)c2cc(C)n(C3CCCCC3)c2C)c1C. The highest BCUT2D eigenvalue weighted by Crippen LogP contribution is 2.32. The van der Waals surface area contributed by atoms with Crippen LogP contribution >= 0.6 is 0 Å². The van der Waals surface area contributed by atoms with E-state index in [1.807, 2.05) is 19.9 Å². The van der Waals surface area contributed by atoms with Crippen molar-refractivity contribution in [1.82, 2.24) is 14.9 Å². The van der Waals surface area contributed by atoms with Crippen LogP contribution in [0.2, 0.25) is 0 Å². The van der Waals surface area contributed by atoms with Crippen LogP contribution in [0, 0.1) is 27.7 Å². The molecule has 1 amide bonds. The molecule has 0 aliphatic heterocycles. The molecule has 0 spiro atoms. The standard InChI is InChI=1S/C22H31N3O2/c1-14-12-23-20(16(3)21(14)27-5)13-24-22(26)19-11-15(2)25(17(19)4)18-9-7-6-8-10-18/h11-12,18H,6-10,13H2,1-5H3,(H,24,26). The maximum absolute atomic E-state index is 12.8. The lowest BCUT2D eigenvalue weighted by Crippen LogP contribution is -2.25. The number of carbonyl (C=O) groups excluding carboxylic acids is 1. The Kier molecular flexibility index (Phi) is 5.88. The van der Waals surface area contributed by atoms with Gasteiger partial charge in [-0.2, -0.15) is 0 Å². The monoisotopic (exact) mass is 369 g/mol. The quantitative estimate of drug-likeness (QED) is 0.840. The Morgan fingerprint density at radius 2 is 1.93 bits per heavy atom. The van der Waals surface area contributed by atoms with Gasteiger partial charge in [-0.1, -0.05) is 19.3 Å². The molecule has 0 saturated heterocycles. The summed E-state index contributed by atoms with van der Waals surface area (Å²) < 4.78 is 7.82. The van der Waals surface area contributed by atoms with Crippen LogP contribution in [-0.2, 0) is 6.54 Å². The molecule has 5 nitrogen and oxygen atoms in total. The molecule has 1 saturated carbocycles. The van der Waals surface area contributed by atoms with Crippen LogP contribution in [-0.4, -0.2) is 22.6 Å². The third kappa shape index (κ3) is 3.87. The van der Waals surface area contributed by atoms with Gasteiger partial charge in [0.05, 0.1) is 24.9 Å². The Morgan fingerprint density at radius 3 is 2.59 bits per heavy atom. The van der Waals surface area contributed by atoms with Gasteiger partial charge in [-0.25, -0.2) is 0 Å². The number of nitrogens with zero attached hydrogens (tertiary/aromatic N) is 2. The highest BCUT2D eigenvalue weighted by atomic mass is 16.5. The van der Waals surface area contributed by atoms with Gasteiger partial charge in [0.2, 0.25) is 0 Å². The number of ether oxygens (including phenoxy) is 1. The Bertz CT molecular complexity index is 833. The number of aromatic nitrogens is 2. The van der Waals surface area contributed by atoms with Crippen molar-refractivity contribution in [3.8, 4) is 5.75 Å². The lowest BCUT2D eigenvalue weighted by atomic mass is 9.95. The Hall–Kier alpha value is -2.30. The first kappa shape index (κ1) is 19.5. The second kappa shape index (κ2) is 8.15. The van der Waals surface area contributed by atoms with Crippen molar-refractivity contribution in [2.75, 3.05) is 7.11 Å². The summed E-state index contributed by atoms with van der Waals surface area (Å²) in [6, 6.07) is 2.56. The fourth-order valence-electron chi connectivity index (χ4n) is 4.42. The average Bonchev–Trinajstić information content (AvgIpc) is 2.96. The zero-order valence-electron chi connectivity index (χ0n) is 17.2. The Balaban J connectivity index is 1.76. The molecule has 5 heteroatoms. The van der Waals surface area contributed by atoms with Gasteiger partial charge < -0.3 is 14.6 Å². The molecule has 27 heavy (non-hydrogen) atoms. The molecule has 2 aromatic rings. The number of rotatable bonds is 5. The zero-order chi connectivity index (χ0) is 19.6. The maximum atomic E-state index is 12.8. The van der Waals surface area contributed by atoms with E-state index in [4.69, 9.17) is 4.74 Å². The predicted octanol–water partition coefficient (Wildman–Crippen LogP) is 4.56. The molecule has 2 heterocycles. The number of hydrogen-bond acceptors (Lipinski definition) is 3. The molecule has 1 aliphatic rings. The van der Waals surface area contributed by atoms with Crippen LogP contribution in [0.5, 0.6) is 5.75 Å². The molecule has 0 radical (unpaired) electrons. The van der Waals surface area contributed by atoms with Crippen LogP contribution in [0.3, 0.4) is 0 Å². The highest BCUT2D eigenvalue weighted by molar-refractivity contribution is 5.95. The third-order valence-electron chi connectivity index (χ3n) is 5.83. The smallest absolute Gasteiger partial charge is 0.253 e. The largest absolute Gasteiger partial charge is 0.496 e. The van der Waals surface area contributed by atoms with Gasteiger partial charge in [0.15, 0.2) is 0 Å². The Morgan fingerprint density at radius 1 is 1.22 bits per heavy atom. The summed E-state index contributed by atoms with van der Waals surface area (Å²) in [7, 11) is 1.66. The van der Waals surface area contributed by atoms with Gasteiger partial charge in [-0.05, 0) is 46.6 Å². The van der Waals surface area contributed by atoms with E-state index in [9.17, 15) is 4.79 Å². The van der Waals surface area contributed by atoms with Crippen LogP contribution in [0.25, 0.3) is 0 Å². The molecular formula is C22H31N3O2. The molecule has 3 rings (SSSR count). The molecule has 0 unspecified atom stereocenters. The fraction of sp³-hybridized carbons (Fsp3) is 0.545. The van der Waals surface area contributed by atoms with Gasteiger partial charge in [0.25, 0.3) is 5.91 Å². The van der Waals surface area contributed by atoms with Crippen molar-refractivity contribution >= 4 is 5.91 Å². The van der Waals surface area contributed by atoms with Gasteiger partial charge in [0.1, 0.15) is 5.75 Å². The van der Waals surface area contributed by atoms with E-state index in [0.29, 0.717) is 12.6 Å². The molecule has 2 aromatic heterocycles. The number of pyridine rings is 1. The maximum Gasteiger partial charge on any atom is 0.253 e. The second-order valence-electron chi connectivity index (χ2n) is 7.68. The van der Waals surface area contributed by atoms with Crippen molar-refractivity contribution in [3.63, 3.8) is 0 Å². The minimum Gasteiger partial charge on any atom is -0.496 e. The molecule has 1 aliphatic carbocycles. The number of methoxy groups -OCH3 is 1. The van der Waals surface area contributed by atoms with E-state index in [1.54, 1.807) is 13.3 Å². The third-order valence-corrected chi connectivity index (χ3v) is 5.83. The number of aryl methyl sites for hydroxylation is 2. The molecule has 1 fully saturated rings. The summed E-state index contributed by atoms with van der Waals surface area (Å²) in [6.07, 6.45) is 8.11. The molecule has 0 aromatic carbocycles.